The molecule has 0 atom stereocenters. The fourth-order valence-electron chi connectivity index (χ4n) is 3.06. The van der Waals surface area contributed by atoms with Gasteiger partial charge in [0.15, 0.2) is 6.61 Å². The van der Waals surface area contributed by atoms with Gasteiger partial charge in [-0.25, -0.2) is 4.79 Å². The van der Waals surface area contributed by atoms with E-state index in [0.717, 1.165) is 11.1 Å². The first-order chi connectivity index (χ1) is 14.0. The first kappa shape index (κ1) is 19.8. The molecule has 3 aromatic rings. The number of esters is 1. The third-order valence-electron chi connectivity index (χ3n) is 4.48. The van der Waals surface area contributed by atoms with Crippen molar-refractivity contribution in [2.45, 2.75) is 13.8 Å². The van der Waals surface area contributed by atoms with Crippen molar-refractivity contribution in [3.05, 3.63) is 89.0 Å². The van der Waals surface area contributed by atoms with Gasteiger partial charge in [0.25, 0.3) is 5.91 Å². The van der Waals surface area contributed by atoms with Gasteiger partial charge in [-0.05, 0) is 43.2 Å². The summed E-state index contributed by atoms with van der Waals surface area (Å²) in [6.45, 7) is 3.47. The first-order valence-electron chi connectivity index (χ1n) is 9.12. The van der Waals surface area contributed by atoms with Crippen molar-refractivity contribution in [1.29, 1.82) is 5.26 Å². The van der Waals surface area contributed by atoms with Gasteiger partial charge < -0.3 is 10.1 Å². The van der Waals surface area contributed by atoms with Gasteiger partial charge in [-0.3, -0.25) is 4.79 Å². The molecule has 0 fully saturated rings. The zero-order valence-corrected chi connectivity index (χ0v) is 16.2. The predicted molar refractivity (Wildman–Crippen MR) is 111 cm³/mol. The number of aryl methyl sites for hydroxylation is 2. The quantitative estimate of drug-likeness (QED) is 0.650. The highest BCUT2D eigenvalue weighted by Gasteiger charge is 2.17. The number of anilines is 1. The molecule has 0 spiro atoms. The van der Waals surface area contributed by atoms with Gasteiger partial charge in [0.2, 0.25) is 0 Å². The highest BCUT2D eigenvalue weighted by atomic mass is 16.5. The number of rotatable bonds is 5. The molecular weight excluding hydrogens is 364 g/mol. The zero-order valence-electron chi connectivity index (χ0n) is 16.2. The number of nitriles is 1. The number of ether oxygens (including phenoxy) is 1. The van der Waals surface area contributed by atoms with E-state index in [4.69, 9.17) is 4.74 Å². The second-order valence-corrected chi connectivity index (χ2v) is 6.65. The molecule has 144 valence electrons. The number of nitrogens with one attached hydrogen (secondary N) is 1. The van der Waals surface area contributed by atoms with Crippen molar-refractivity contribution in [3.8, 4) is 17.2 Å². The third-order valence-corrected chi connectivity index (χ3v) is 4.48. The van der Waals surface area contributed by atoms with Crippen LogP contribution in [0.1, 0.15) is 27.0 Å². The fourth-order valence-corrected chi connectivity index (χ4v) is 3.06. The normalized spacial score (nSPS) is 10.1. The lowest BCUT2D eigenvalue weighted by Crippen LogP contribution is -2.21. The minimum atomic E-state index is -0.621. The van der Waals surface area contributed by atoms with Crippen LogP contribution >= 0.6 is 0 Å². The Balaban J connectivity index is 1.73. The van der Waals surface area contributed by atoms with E-state index in [9.17, 15) is 14.9 Å². The molecule has 0 bridgehead atoms. The molecule has 0 radical (unpaired) electrons. The number of amides is 1. The van der Waals surface area contributed by atoms with E-state index in [0.29, 0.717) is 27.9 Å². The molecule has 0 heterocycles. The lowest BCUT2D eigenvalue weighted by Gasteiger charge is -2.12. The average molecular weight is 384 g/mol. The van der Waals surface area contributed by atoms with Gasteiger partial charge in [-0.2, -0.15) is 5.26 Å². The molecule has 0 saturated heterocycles. The van der Waals surface area contributed by atoms with Crippen molar-refractivity contribution >= 4 is 17.6 Å². The van der Waals surface area contributed by atoms with Crippen LogP contribution in [0.2, 0.25) is 0 Å². The first-order valence-corrected chi connectivity index (χ1v) is 9.12. The molecule has 0 aliphatic heterocycles. The Hall–Kier alpha value is -3.91. The van der Waals surface area contributed by atoms with Crippen LogP contribution < -0.4 is 5.32 Å². The molecule has 3 aromatic carbocycles. The maximum atomic E-state index is 12.6. The molecule has 5 nitrogen and oxygen atoms in total. The van der Waals surface area contributed by atoms with Gasteiger partial charge in [-0.15, -0.1) is 0 Å². The van der Waals surface area contributed by atoms with E-state index in [2.05, 4.69) is 11.4 Å². The molecule has 0 saturated carbocycles. The van der Waals surface area contributed by atoms with E-state index in [1.807, 2.05) is 32.0 Å². The summed E-state index contributed by atoms with van der Waals surface area (Å²) in [4.78, 5) is 24.8. The predicted octanol–water partition coefficient (Wildman–Crippen LogP) is 4.64. The van der Waals surface area contributed by atoms with Gasteiger partial charge in [0.05, 0.1) is 17.2 Å². The van der Waals surface area contributed by atoms with Crippen LogP contribution in [0.25, 0.3) is 11.1 Å². The smallest absolute Gasteiger partial charge is 0.339 e. The van der Waals surface area contributed by atoms with Crippen LogP contribution in [0.3, 0.4) is 0 Å². The summed E-state index contributed by atoms with van der Waals surface area (Å²) >= 11 is 0. The van der Waals surface area contributed by atoms with Gasteiger partial charge >= 0.3 is 5.97 Å². The van der Waals surface area contributed by atoms with E-state index in [1.165, 1.54) is 0 Å². The molecule has 0 aromatic heterocycles. The van der Waals surface area contributed by atoms with E-state index >= 15 is 0 Å². The van der Waals surface area contributed by atoms with Gasteiger partial charge in [-0.1, -0.05) is 54.1 Å². The lowest BCUT2D eigenvalue weighted by molar-refractivity contribution is -0.119. The summed E-state index contributed by atoms with van der Waals surface area (Å²) in [6, 6.07) is 21.7. The summed E-state index contributed by atoms with van der Waals surface area (Å²) in [5.41, 5.74) is 4.70. The zero-order chi connectivity index (χ0) is 20.8. The Morgan fingerprint density at radius 2 is 1.66 bits per heavy atom. The fraction of sp³-hybridized carbons (Fsp3) is 0.125. The molecule has 0 aliphatic carbocycles. The average Bonchev–Trinajstić information content (AvgIpc) is 2.74. The number of benzene rings is 3. The van der Waals surface area contributed by atoms with Crippen LogP contribution in [-0.4, -0.2) is 18.5 Å². The van der Waals surface area contributed by atoms with Crippen molar-refractivity contribution in [3.63, 3.8) is 0 Å². The Labute approximate surface area is 169 Å². The summed E-state index contributed by atoms with van der Waals surface area (Å²) < 4.78 is 5.23. The minimum absolute atomic E-state index is 0.300. The molecule has 0 unspecified atom stereocenters. The second kappa shape index (κ2) is 8.85. The molecule has 1 N–H and O–H groups in total. The van der Waals surface area contributed by atoms with E-state index in [1.54, 1.807) is 48.5 Å². The topological polar surface area (TPSA) is 79.2 Å². The number of carbonyl (C=O) groups excluding carboxylic acids is 2. The van der Waals surface area contributed by atoms with Crippen LogP contribution in [0.15, 0.2) is 66.7 Å². The van der Waals surface area contributed by atoms with Gasteiger partial charge in [0, 0.05) is 11.3 Å². The van der Waals surface area contributed by atoms with Crippen molar-refractivity contribution < 1.29 is 14.3 Å². The maximum Gasteiger partial charge on any atom is 0.339 e. The number of nitrogens with zero attached hydrogens (tertiary/aromatic N) is 1. The third kappa shape index (κ3) is 4.69. The van der Waals surface area contributed by atoms with Crippen LogP contribution in [0, 0.1) is 25.2 Å². The van der Waals surface area contributed by atoms with Gasteiger partial charge in [0.1, 0.15) is 0 Å². The minimum Gasteiger partial charge on any atom is -0.452 e. The Bertz CT molecular complexity index is 1110. The van der Waals surface area contributed by atoms with Crippen molar-refractivity contribution in [2.24, 2.45) is 0 Å². The Morgan fingerprint density at radius 3 is 2.38 bits per heavy atom. The second-order valence-electron chi connectivity index (χ2n) is 6.65. The van der Waals surface area contributed by atoms with E-state index in [-0.39, 0.29) is 0 Å². The number of carbonyl (C=O) groups is 2. The molecule has 29 heavy (non-hydrogen) atoms. The van der Waals surface area contributed by atoms with Crippen LogP contribution in [0.4, 0.5) is 5.69 Å². The van der Waals surface area contributed by atoms with Crippen LogP contribution in [-0.2, 0) is 9.53 Å². The molecule has 3 rings (SSSR count). The molecular formula is C24H20N2O3. The van der Waals surface area contributed by atoms with E-state index < -0.39 is 18.5 Å². The molecule has 0 aliphatic rings. The number of hydrogen-bond acceptors (Lipinski definition) is 4. The molecule has 5 heteroatoms. The van der Waals surface area contributed by atoms with Crippen molar-refractivity contribution in [1.82, 2.24) is 0 Å². The molecule has 1 amide bonds. The SMILES string of the molecule is Cc1ccc(NC(=O)COC(=O)c2ccccc2-c2ccccc2C#N)c(C)c1. The summed E-state index contributed by atoms with van der Waals surface area (Å²) in [5, 5.41) is 12.1. The lowest BCUT2D eigenvalue weighted by atomic mass is 9.96. The maximum absolute atomic E-state index is 12.6. The van der Waals surface area contributed by atoms with Crippen LogP contribution in [0.5, 0.6) is 0 Å². The largest absolute Gasteiger partial charge is 0.452 e. The summed E-state index contributed by atoms with van der Waals surface area (Å²) in [5.74, 6) is -1.04. The Kier molecular flexibility index (Phi) is 6.06. The van der Waals surface area contributed by atoms with Crippen molar-refractivity contribution in [2.75, 3.05) is 11.9 Å². The number of hydrogen-bond donors (Lipinski definition) is 1. The Morgan fingerprint density at radius 1 is 0.966 bits per heavy atom. The standard InChI is InChI=1S/C24H20N2O3/c1-16-11-12-22(17(2)13-16)26-23(27)15-29-24(28)21-10-6-5-9-20(21)19-8-4-3-7-18(19)14-25/h3-13H,15H2,1-2H3,(H,26,27). The monoisotopic (exact) mass is 384 g/mol. The highest BCUT2D eigenvalue weighted by Crippen LogP contribution is 2.27. The highest BCUT2D eigenvalue weighted by molar-refractivity contribution is 6.00. The summed E-state index contributed by atoms with van der Waals surface area (Å²) in [6.07, 6.45) is 0. The summed E-state index contributed by atoms with van der Waals surface area (Å²) in [7, 11) is 0.